The highest BCUT2D eigenvalue weighted by Crippen LogP contribution is 2.40. The Hall–Kier alpha value is -3.10. The largest absolute Gasteiger partial charge is 0.491 e. The maximum atomic E-state index is 13.2. The van der Waals surface area contributed by atoms with E-state index in [2.05, 4.69) is 5.32 Å². The summed E-state index contributed by atoms with van der Waals surface area (Å²) in [5, 5.41) is 2.52. The van der Waals surface area contributed by atoms with Gasteiger partial charge in [0.1, 0.15) is 5.75 Å². The summed E-state index contributed by atoms with van der Waals surface area (Å²) >= 11 is 0. The molecule has 0 aromatic heterocycles. The zero-order valence-corrected chi connectivity index (χ0v) is 18.6. The Morgan fingerprint density at radius 3 is 1.94 bits per heavy atom. The number of alkyl halides is 3. The van der Waals surface area contributed by atoms with Crippen LogP contribution < -0.4 is 24.3 Å². The number of hydrogen-bond donors (Lipinski definition) is 1. The SMILES string of the molecule is CCCOc1ccc(C(F)(F)F)cc1NC(=O)c1cc(OCC)c(OCC)c(OCC)c1. The van der Waals surface area contributed by atoms with Crippen LogP contribution in [0.1, 0.15) is 50.0 Å². The molecule has 6 nitrogen and oxygen atoms in total. The minimum atomic E-state index is -4.56. The third-order valence-electron chi connectivity index (χ3n) is 4.19. The number of benzene rings is 2. The number of anilines is 1. The number of halogens is 3. The molecule has 0 unspecified atom stereocenters. The number of nitrogens with one attached hydrogen (secondary N) is 1. The van der Waals surface area contributed by atoms with Gasteiger partial charge >= 0.3 is 6.18 Å². The molecule has 0 aliphatic heterocycles. The van der Waals surface area contributed by atoms with Gasteiger partial charge < -0.3 is 24.3 Å². The van der Waals surface area contributed by atoms with Crippen LogP contribution in [0.3, 0.4) is 0 Å². The van der Waals surface area contributed by atoms with Crippen LogP contribution in [0.2, 0.25) is 0 Å². The summed E-state index contributed by atoms with van der Waals surface area (Å²) in [6.07, 6.45) is -3.91. The van der Waals surface area contributed by atoms with Gasteiger partial charge in [-0.2, -0.15) is 13.2 Å². The first-order valence-corrected chi connectivity index (χ1v) is 10.5. The molecule has 0 heterocycles. The van der Waals surface area contributed by atoms with Crippen LogP contribution in [0.25, 0.3) is 0 Å². The second-order valence-electron chi connectivity index (χ2n) is 6.61. The van der Waals surface area contributed by atoms with Crippen molar-refractivity contribution in [1.29, 1.82) is 0 Å². The first kappa shape index (κ1) is 25.2. The summed E-state index contributed by atoms with van der Waals surface area (Å²) in [5.41, 5.74) is -0.837. The Bertz CT molecular complexity index is 888. The Balaban J connectivity index is 2.46. The van der Waals surface area contributed by atoms with E-state index in [0.29, 0.717) is 50.1 Å². The molecule has 32 heavy (non-hydrogen) atoms. The summed E-state index contributed by atoms with van der Waals surface area (Å²) in [6, 6.07) is 5.89. The van der Waals surface area contributed by atoms with E-state index in [-0.39, 0.29) is 17.0 Å². The van der Waals surface area contributed by atoms with Gasteiger partial charge in [-0.15, -0.1) is 0 Å². The van der Waals surface area contributed by atoms with E-state index in [9.17, 15) is 18.0 Å². The topological polar surface area (TPSA) is 66.0 Å². The van der Waals surface area contributed by atoms with E-state index in [1.165, 1.54) is 18.2 Å². The van der Waals surface area contributed by atoms with Gasteiger partial charge in [0.05, 0.1) is 37.7 Å². The van der Waals surface area contributed by atoms with E-state index in [1.54, 1.807) is 20.8 Å². The molecular weight excluding hydrogens is 427 g/mol. The lowest BCUT2D eigenvalue weighted by atomic mass is 10.1. The Morgan fingerprint density at radius 2 is 1.44 bits per heavy atom. The van der Waals surface area contributed by atoms with Gasteiger partial charge in [0.2, 0.25) is 5.75 Å². The lowest BCUT2D eigenvalue weighted by Gasteiger charge is -2.18. The normalized spacial score (nSPS) is 11.1. The fourth-order valence-corrected chi connectivity index (χ4v) is 2.86. The van der Waals surface area contributed by atoms with Crippen LogP contribution in [0, 0.1) is 0 Å². The monoisotopic (exact) mass is 455 g/mol. The second kappa shape index (κ2) is 11.5. The number of carbonyl (C=O) groups excluding carboxylic acids is 1. The van der Waals surface area contributed by atoms with Crippen molar-refractivity contribution in [3.63, 3.8) is 0 Å². The van der Waals surface area contributed by atoms with Crippen LogP contribution in [0.4, 0.5) is 18.9 Å². The first-order chi connectivity index (χ1) is 15.2. The summed E-state index contributed by atoms with van der Waals surface area (Å²) < 4.78 is 61.9. The van der Waals surface area contributed by atoms with Gasteiger partial charge in [-0.3, -0.25) is 4.79 Å². The molecule has 0 saturated carbocycles. The van der Waals surface area contributed by atoms with E-state index < -0.39 is 17.6 Å². The average Bonchev–Trinajstić information content (AvgIpc) is 2.74. The van der Waals surface area contributed by atoms with Gasteiger partial charge in [-0.05, 0) is 57.5 Å². The fourth-order valence-electron chi connectivity index (χ4n) is 2.86. The van der Waals surface area contributed by atoms with Gasteiger partial charge in [-0.25, -0.2) is 0 Å². The molecule has 9 heteroatoms. The molecule has 0 atom stereocenters. The Kier molecular flexibility index (Phi) is 9.04. The third kappa shape index (κ3) is 6.45. The highest BCUT2D eigenvalue weighted by molar-refractivity contribution is 6.06. The maximum Gasteiger partial charge on any atom is 0.416 e. The molecule has 1 N–H and O–H groups in total. The zero-order chi connectivity index (χ0) is 23.7. The van der Waals surface area contributed by atoms with Crippen molar-refractivity contribution in [3.8, 4) is 23.0 Å². The predicted molar refractivity (Wildman–Crippen MR) is 115 cm³/mol. The maximum absolute atomic E-state index is 13.2. The van der Waals surface area contributed by atoms with E-state index in [4.69, 9.17) is 18.9 Å². The van der Waals surface area contributed by atoms with Gasteiger partial charge in [-0.1, -0.05) is 6.92 Å². The molecule has 2 aromatic rings. The minimum Gasteiger partial charge on any atom is -0.491 e. The Labute approximate surface area is 185 Å². The van der Waals surface area contributed by atoms with E-state index >= 15 is 0 Å². The standard InChI is InChI=1S/C23H28F3NO5/c1-5-11-32-18-10-9-16(23(24,25)26)14-17(18)27-22(28)15-12-19(29-6-2)21(31-8-4)20(13-15)30-7-3/h9-10,12-14H,5-8,11H2,1-4H3,(H,27,28). The van der Waals surface area contributed by atoms with Crippen molar-refractivity contribution in [3.05, 3.63) is 41.5 Å². The fraction of sp³-hybridized carbons (Fsp3) is 0.435. The van der Waals surface area contributed by atoms with Crippen molar-refractivity contribution >= 4 is 11.6 Å². The molecule has 176 valence electrons. The molecular formula is C23H28F3NO5. The van der Waals surface area contributed by atoms with Crippen LogP contribution >= 0.6 is 0 Å². The smallest absolute Gasteiger partial charge is 0.416 e. The molecule has 1 amide bonds. The average molecular weight is 455 g/mol. The van der Waals surface area contributed by atoms with Crippen molar-refractivity contribution in [2.45, 2.75) is 40.3 Å². The summed E-state index contributed by atoms with van der Waals surface area (Å²) in [5.74, 6) is 0.470. The molecule has 0 radical (unpaired) electrons. The van der Waals surface area contributed by atoms with Crippen molar-refractivity contribution < 1.29 is 36.9 Å². The number of amides is 1. The summed E-state index contributed by atoms with van der Waals surface area (Å²) in [4.78, 5) is 13.0. The van der Waals surface area contributed by atoms with Crippen LogP contribution in [-0.2, 0) is 6.18 Å². The predicted octanol–water partition coefficient (Wildman–Crippen LogP) is 5.94. The molecule has 0 aliphatic rings. The van der Waals surface area contributed by atoms with Crippen LogP contribution in [-0.4, -0.2) is 32.3 Å². The lowest BCUT2D eigenvalue weighted by Crippen LogP contribution is -2.15. The third-order valence-corrected chi connectivity index (χ3v) is 4.19. The summed E-state index contributed by atoms with van der Waals surface area (Å²) in [7, 11) is 0. The van der Waals surface area contributed by atoms with Crippen molar-refractivity contribution in [1.82, 2.24) is 0 Å². The lowest BCUT2D eigenvalue weighted by molar-refractivity contribution is -0.137. The summed E-state index contributed by atoms with van der Waals surface area (Å²) in [6.45, 7) is 8.52. The van der Waals surface area contributed by atoms with Gasteiger partial charge in [0, 0.05) is 5.56 Å². The number of carbonyl (C=O) groups is 1. The van der Waals surface area contributed by atoms with Crippen molar-refractivity contribution in [2.75, 3.05) is 31.7 Å². The molecule has 0 spiro atoms. The number of ether oxygens (including phenoxy) is 4. The van der Waals surface area contributed by atoms with E-state index in [1.807, 2.05) is 6.92 Å². The number of rotatable bonds is 11. The quantitative estimate of drug-likeness (QED) is 0.454. The first-order valence-electron chi connectivity index (χ1n) is 10.5. The van der Waals surface area contributed by atoms with Crippen LogP contribution in [0.5, 0.6) is 23.0 Å². The minimum absolute atomic E-state index is 0.0805. The van der Waals surface area contributed by atoms with Gasteiger partial charge in [0.25, 0.3) is 5.91 Å². The molecule has 0 fully saturated rings. The van der Waals surface area contributed by atoms with Gasteiger partial charge in [0.15, 0.2) is 11.5 Å². The Morgan fingerprint density at radius 1 is 0.844 bits per heavy atom. The highest BCUT2D eigenvalue weighted by Gasteiger charge is 2.31. The molecule has 0 bridgehead atoms. The highest BCUT2D eigenvalue weighted by atomic mass is 19.4. The van der Waals surface area contributed by atoms with E-state index in [0.717, 1.165) is 12.1 Å². The van der Waals surface area contributed by atoms with Crippen molar-refractivity contribution in [2.24, 2.45) is 0 Å². The zero-order valence-electron chi connectivity index (χ0n) is 18.6. The second-order valence-corrected chi connectivity index (χ2v) is 6.61. The van der Waals surface area contributed by atoms with Crippen LogP contribution in [0.15, 0.2) is 30.3 Å². The molecule has 2 aromatic carbocycles. The number of hydrogen-bond acceptors (Lipinski definition) is 5. The molecule has 0 aliphatic carbocycles. The molecule has 2 rings (SSSR count). The molecule has 0 saturated heterocycles.